The zero-order chi connectivity index (χ0) is 15.0. The molecule has 1 rings (SSSR count). The first-order valence-electron chi connectivity index (χ1n) is 7.15. The fraction of sp³-hybridized carbons (Fsp3) is 0.600. The molecule has 1 unspecified atom stereocenters. The van der Waals surface area contributed by atoms with Gasteiger partial charge in [-0.3, -0.25) is 0 Å². The van der Waals surface area contributed by atoms with E-state index in [1.54, 1.807) is 0 Å². The molecule has 1 N–H and O–H groups in total. The van der Waals surface area contributed by atoms with Gasteiger partial charge in [0, 0.05) is 16.8 Å². The molecule has 0 bridgehead atoms. The largest absolute Gasteiger partial charge is 0.316 e. The fourth-order valence-electron chi connectivity index (χ4n) is 2.17. The van der Waals surface area contributed by atoms with Crippen molar-refractivity contribution in [2.45, 2.75) is 32.6 Å². The maximum atomic E-state index is 11.9. The summed E-state index contributed by atoms with van der Waals surface area (Å²) in [4.78, 5) is 0. The van der Waals surface area contributed by atoms with Crippen LogP contribution in [-0.4, -0.2) is 33.0 Å². The minimum absolute atomic E-state index is 0.245. The minimum Gasteiger partial charge on any atom is -0.316 e. The first-order valence-corrected chi connectivity index (χ1v) is 9.76. The number of rotatable bonds is 9. The molecule has 0 saturated carbocycles. The van der Waals surface area contributed by atoms with E-state index in [-0.39, 0.29) is 11.7 Å². The second-order valence-electron chi connectivity index (χ2n) is 5.00. The lowest BCUT2D eigenvalue weighted by molar-refractivity contribution is 0.563. The third-order valence-electron chi connectivity index (χ3n) is 3.27. The van der Waals surface area contributed by atoms with Gasteiger partial charge in [-0.2, -0.15) is 0 Å². The van der Waals surface area contributed by atoms with Gasteiger partial charge in [-0.1, -0.05) is 41.9 Å². The van der Waals surface area contributed by atoms with Crippen LogP contribution >= 0.6 is 15.9 Å². The maximum Gasteiger partial charge on any atom is 0.150 e. The predicted octanol–water partition coefficient (Wildman–Crippen LogP) is 3.36. The van der Waals surface area contributed by atoms with E-state index in [9.17, 15) is 8.42 Å². The van der Waals surface area contributed by atoms with E-state index in [0.29, 0.717) is 18.6 Å². The van der Waals surface area contributed by atoms with E-state index in [2.05, 4.69) is 40.3 Å². The lowest BCUT2D eigenvalue weighted by atomic mass is 9.96. The average Bonchev–Trinajstić information content (AvgIpc) is 2.40. The molecule has 114 valence electrons. The van der Waals surface area contributed by atoms with Crippen LogP contribution in [0.15, 0.2) is 28.7 Å². The van der Waals surface area contributed by atoms with E-state index < -0.39 is 9.84 Å². The molecule has 3 nitrogen and oxygen atoms in total. The monoisotopic (exact) mass is 361 g/mol. The van der Waals surface area contributed by atoms with Crippen LogP contribution in [0.25, 0.3) is 0 Å². The maximum absolute atomic E-state index is 11.9. The van der Waals surface area contributed by atoms with Gasteiger partial charge in [0.05, 0.1) is 5.75 Å². The third-order valence-corrected chi connectivity index (χ3v) is 5.69. The topological polar surface area (TPSA) is 46.2 Å². The molecule has 0 aliphatic heterocycles. The first kappa shape index (κ1) is 17.7. The highest BCUT2D eigenvalue weighted by molar-refractivity contribution is 9.10. The smallest absolute Gasteiger partial charge is 0.150 e. The lowest BCUT2D eigenvalue weighted by Crippen LogP contribution is -2.23. The predicted molar refractivity (Wildman–Crippen MR) is 89.0 cm³/mol. The van der Waals surface area contributed by atoms with Gasteiger partial charge in [0.25, 0.3) is 0 Å². The molecular weight excluding hydrogens is 338 g/mol. The average molecular weight is 362 g/mol. The number of hydrogen-bond donors (Lipinski definition) is 1. The molecule has 0 spiro atoms. The van der Waals surface area contributed by atoms with Crippen LogP contribution in [0, 0.1) is 0 Å². The van der Waals surface area contributed by atoms with Crippen LogP contribution in [0.4, 0.5) is 0 Å². The summed E-state index contributed by atoms with van der Waals surface area (Å²) in [5, 5.41) is 3.32. The molecule has 0 saturated heterocycles. The summed E-state index contributed by atoms with van der Waals surface area (Å²) in [6.07, 6.45) is 1.37. The molecule has 0 fully saturated rings. The Hall–Kier alpha value is -0.390. The van der Waals surface area contributed by atoms with E-state index in [4.69, 9.17) is 0 Å². The van der Waals surface area contributed by atoms with Gasteiger partial charge in [-0.25, -0.2) is 8.42 Å². The quantitative estimate of drug-likeness (QED) is 0.733. The Morgan fingerprint density at radius 3 is 2.35 bits per heavy atom. The van der Waals surface area contributed by atoms with Crippen LogP contribution in [0.3, 0.4) is 0 Å². The standard InChI is InChI=1S/C15H24BrNO2S/c1-3-10-20(18,19)11-9-14(12-17-4-2)13-5-7-15(16)8-6-13/h5-8,14,17H,3-4,9-12H2,1-2H3. The van der Waals surface area contributed by atoms with E-state index in [1.165, 1.54) is 5.56 Å². The van der Waals surface area contributed by atoms with Gasteiger partial charge in [0.1, 0.15) is 9.84 Å². The highest BCUT2D eigenvalue weighted by Crippen LogP contribution is 2.22. The van der Waals surface area contributed by atoms with Crippen molar-refractivity contribution in [3.63, 3.8) is 0 Å². The van der Waals surface area contributed by atoms with Crippen molar-refractivity contribution in [2.24, 2.45) is 0 Å². The molecule has 1 aromatic rings. The highest BCUT2D eigenvalue weighted by atomic mass is 79.9. The summed E-state index contributed by atoms with van der Waals surface area (Å²) in [5.41, 5.74) is 1.20. The second-order valence-corrected chi connectivity index (χ2v) is 8.22. The molecule has 1 aromatic carbocycles. The minimum atomic E-state index is -2.90. The molecule has 0 aliphatic carbocycles. The summed E-state index contributed by atoms with van der Waals surface area (Å²) in [6, 6.07) is 8.15. The van der Waals surface area contributed by atoms with Crippen molar-refractivity contribution in [2.75, 3.05) is 24.6 Å². The van der Waals surface area contributed by atoms with Gasteiger partial charge in [0.2, 0.25) is 0 Å². The molecule has 0 aliphatic rings. The van der Waals surface area contributed by atoms with Crippen molar-refractivity contribution in [3.05, 3.63) is 34.3 Å². The van der Waals surface area contributed by atoms with Crippen molar-refractivity contribution in [3.8, 4) is 0 Å². The Bertz CT molecular complexity index is 485. The van der Waals surface area contributed by atoms with Gasteiger partial charge in [0.15, 0.2) is 0 Å². The van der Waals surface area contributed by atoms with Crippen LogP contribution in [0.1, 0.15) is 38.2 Å². The van der Waals surface area contributed by atoms with E-state index in [1.807, 2.05) is 19.1 Å². The summed E-state index contributed by atoms with van der Waals surface area (Å²) < 4.78 is 24.8. The van der Waals surface area contributed by atoms with Gasteiger partial charge in [-0.15, -0.1) is 0 Å². The molecule has 5 heteroatoms. The van der Waals surface area contributed by atoms with Crippen molar-refractivity contribution in [1.29, 1.82) is 0 Å². The Labute approximate surface area is 131 Å². The van der Waals surface area contributed by atoms with Crippen LogP contribution < -0.4 is 5.32 Å². The summed E-state index contributed by atoms with van der Waals surface area (Å²) in [7, 11) is -2.90. The Morgan fingerprint density at radius 1 is 1.15 bits per heavy atom. The van der Waals surface area contributed by atoms with Crippen molar-refractivity contribution >= 4 is 25.8 Å². The van der Waals surface area contributed by atoms with Crippen molar-refractivity contribution < 1.29 is 8.42 Å². The number of hydrogen-bond acceptors (Lipinski definition) is 3. The summed E-state index contributed by atoms with van der Waals surface area (Å²) >= 11 is 3.43. The zero-order valence-electron chi connectivity index (χ0n) is 12.2. The van der Waals surface area contributed by atoms with Crippen LogP contribution in [0.5, 0.6) is 0 Å². The number of benzene rings is 1. The highest BCUT2D eigenvalue weighted by Gasteiger charge is 2.16. The second kappa shape index (κ2) is 8.80. The third kappa shape index (κ3) is 6.37. The van der Waals surface area contributed by atoms with E-state index in [0.717, 1.165) is 17.6 Å². The number of nitrogens with one attached hydrogen (secondary N) is 1. The molecule has 0 amide bonds. The van der Waals surface area contributed by atoms with Crippen molar-refractivity contribution in [1.82, 2.24) is 5.32 Å². The Kier molecular flexibility index (Phi) is 7.77. The molecule has 0 heterocycles. The summed E-state index contributed by atoms with van der Waals surface area (Å²) in [5.74, 6) is 0.809. The molecule has 1 atom stereocenters. The number of halogens is 1. The van der Waals surface area contributed by atoms with Crippen LogP contribution in [0.2, 0.25) is 0 Å². The van der Waals surface area contributed by atoms with E-state index >= 15 is 0 Å². The fourth-order valence-corrected chi connectivity index (χ4v) is 3.91. The molecule has 0 aromatic heterocycles. The number of sulfone groups is 1. The Morgan fingerprint density at radius 2 is 1.80 bits per heavy atom. The lowest BCUT2D eigenvalue weighted by Gasteiger charge is -2.18. The Balaban J connectivity index is 2.72. The molecule has 20 heavy (non-hydrogen) atoms. The SMILES string of the molecule is CCCS(=O)(=O)CCC(CNCC)c1ccc(Br)cc1. The number of likely N-dealkylation sites (N-methyl/N-ethyl adjacent to an activating group) is 1. The van der Waals surface area contributed by atoms with Gasteiger partial charge >= 0.3 is 0 Å². The van der Waals surface area contributed by atoms with Crippen LogP contribution in [-0.2, 0) is 9.84 Å². The zero-order valence-corrected chi connectivity index (χ0v) is 14.6. The molecular formula is C15H24BrNO2S. The molecule has 0 radical (unpaired) electrons. The van der Waals surface area contributed by atoms with Gasteiger partial charge in [-0.05, 0) is 43.0 Å². The normalized spacial score (nSPS) is 13.3. The first-order chi connectivity index (χ1) is 9.48. The summed E-state index contributed by atoms with van der Waals surface area (Å²) in [6.45, 7) is 5.68. The van der Waals surface area contributed by atoms with Gasteiger partial charge < -0.3 is 5.32 Å².